The Balaban J connectivity index is 2.41. The number of carboxylic acids is 1. The average molecular weight is 233 g/mol. The molecule has 0 aliphatic heterocycles. The van der Waals surface area contributed by atoms with Crippen molar-refractivity contribution in [3.63, 3.8) is 0 Å². The molecule has 0 saturated carbocycles. The van der Waals surface area contributed by atoms with Gasteiger partial charge in [0, 0.05) is 6.42 Å². The Bertz CT molecular complexity index is 454. The highest BCUT2D eigenvalue weighted by Gasteiger charge is 2.38. The van der Waals surface area contributed by atoms with Gasteiger partial charge in [-0.2, -0.15) is 0 Å². The highest BCUT2D eigenvalue weighted by atomic mass is 16.4. The minimum absolute atomic E-state index is 0.443. The summed E-state index contributed by atoms with van der Waals surface area (Å²) in [6, 6.07) is 6.14. The van der Waals surface area contributed by atoms with Gasteiger partial charge in [-0.25, -0.2) is 0 Å². The Morgan fingerprint density at radius 3 is 2.76 bits per heavy atom. The van der Waals surface area contributed by atoms with E-state index in [1.165, 1.54) is 11.1 Å². The molecule has 1 aromatic rings. The van der Waals surface area contributed by atoms with Crippen molar-refractivity contribution in [3.8, 4) is 0 Å². The average Bonchev–Trinajstić information content (AvgIpc) is 2.27. The summed E-state index contributed by atoms with van der Waals surface area (Å²) >= 11 is 0. The van der Waals surface area contributed by atoms with Gasteiger partial charge in [0.05, 0.1) is 0 Å². The molecule has 1 unspecified atom stereocenters. The van der Waals surface area contributed by atoms with Crippen molar-refractivity contribution in [3.05, 3.63) is 34.9 Å². The van der Waals surface area contributed by atoms with E-state index in [4.69, 9.17) is 5.73 Å². The summed E-state index contributed by atoms with van der Waals surface area (Å²) in [6.45, 7) is 4.33. The van der Waals surface area contributed by atoms with Crippen LogP contribution in [0, 0.1) is 0 Å². The van der Waals surface area contributed by atoms with E-state index in [2.05, 4.69) is 19.9 Å². The van der Waals surface area contributed by atoms with Crippen molar-refractivity contribution in [2.75, 3.05) is 0 Å². The zero-order valence-electron chi connectivity index (χ0n) is 10.4. The number of nitrogens with two attached hydrogens (primary N) is 1. The molecule has 0 radical (unpaired) electrons. The lowest BCUT2D eigenvalue weighted by Crippen LogP contribution is -2.52. The Labute approximate surface area is 102 Å². The lowest BCUT2D eigenvalue weighted by atomic mass is 9.76. The Kier molecular flexibility index (Phi) is 2.96. The molecule has 0 saturated heterocycles. The smallest absolute Gasteiger partial charge is 0.324 e. The fourth-order valence-electron chi connectivity index (χ4n) is 2.62. The molecule has 0 spiro atoms. The molecule has 3 nitrogen and oxygen atoms in total. The van der Waals surface area contributed by atoms with Crippen LogP contribution in [-0.2, 0) is 17.6 Å². The van der Waals surface area contributed by atoms with Crippen LogP contribution in [0.25, 0.3) is 0 Å². The third kappa shape index (κ3) is 2.07. The van der Waals surface area contributed by atoms with Crippen LogP contribution in [0.3, 0.4) is 0 Å². The quantitative estimate of drug-likeness (QED) is 0.822. The van der Waals surface area contributed by atoms with Gasteiger partial charge in [-0.05, 0) is 35.4 Å². The lowest BCUT2D eigenvalue weighted by molar-refractivity contribution is -0.143. The highest BCUT2D eigenvalue weighted by Crippen LogP contribution is 2.32. The van der Waals surface area contributed by atoms with Crippen LogP contribution in [0.4, 0.5) is 0 Å². The first kappa shape index (κ1) is 12.1. The fourth-order valence-corrected chi connectivity index (χ4v) is 2.62. The van der Waals surface area contributed by atoms with Gasteiger partial charge in [0.2, 0.25) is 0 Å². The molecule has 0 aromatic heterocycles. The van der Waals surface area contributed by atoms with E-state index >= 15 is 0 Å². The predicted molar refractivity (Wildman–Crippen MR) is 67.1 cm³/mol. The summed E-state index contributed by atoms with van der Waals surface area (Å²) in [5.41, 5.74) is 8.61. The van der Waals surface area contributed by atoms with Gasteiger partial charge in [0.1, 0.15) is 5.54 Å². The summed E-state index contributed by atoms with van der Waals surface area (Å²) in [4.78, 5) is 11.2. The number of carbonyl (C=O) groups is 1. The molecule has 1 atom stereocenters. The molecule has 3 N–H and O–H groups in total. The number of hydrogen-bond donors (Lipinski definition) is 2. The van der Waals surface area contributed by atoms with Gasteiger partial charge in [-0.3, -0.25) is 4.79 Å². The van der Waals surface area contributed by atoms with E-state index in [1.807, 2.05) is 12.1 Å². The molecule has 1 aliphatic carbocycles. The molecule has 0 amide bonds. The van der Waals surface area contributed by atoms with E-state index in [0.29, 0.717) is 18.8 Å². The van der Waals surface area contributed by atoms with E-state index < -0.39 is 11.5 Å². The zero-order valence-corrected chi connectivity index (χ0v) is 10.4. The first-order chi connectivity index (χ1) is 7.94. The molecule has 17 heavy (non-hydrogen) atoms. The zero-order chi connectivity index (χ0) is 12.6. The maximum absolute atomic E-state index is 11.2. The van der Waals surface area contributed by atoms with Gasteiger partial charge in [0.15, 0.2) is 0 Å². The van der Waals surface area contributed by atoms with Crippen LogP contribution >= 0.6 is 0 Å². The number of carboxylic acid groups (broad SMARTS) is 1. The Morgan fingerprint density at radius 2 is 2.18 bits per heavy atom. The number of benzene rings is 1. The number of hydrogen-bond acceptors (Lipinski definition) is 2. The third-order valence-electron chi connectivity index (χ3n) is 3.68. The van der Waals surface area contributed by atoms with Crippen LogP contribution < -0.4 is 5.73 Å². The number of rotatable bonds is 2. The second kappa shape index (κ2) is 4.15. The molecular formula is C14H19NO2. The second-order valence-electron chi connectivity index (χ2n) is 5.28. The summed E-state index contributed by atoms with van der Waals surface area (Å²) in [5, 5.41) is 9.18. The van der Waals surface area contributed by atoms with Crippen molar-refractivity contribution in [2.24, 2.45) is 5.73 Å². The van der Waals surface area contributed by atoms with Gasteiger partial charge in [0.25, 0.3) is 0 Å². The first-order valence-electron chi connectivity index (χ1n) is 6.07. The maximum atomic E-state index is 11.2. The lowest BCUT2D eigenvalue weighted by Gasteiger charge is -2.32. The van der Waals surface area contributed by atoms with E-state index in [0.717, 1.165) is 12.0 Å². The number of fused-ring (bicyclic) bond motifs is 1. The normalized spacial score (nSPS) is 23.5. The van der Waals surface area contributed by atoms with Crippen molar-refractivity contribution in [1.82, 2.24) is 0 Å². The van der Waals surface area contributed by atoms with Crippen LogP contribution in [0.1, 0.15) is 42.9 Å². The predicted octanol–water partition coefficient (Wildman–Crippen LogP) is 2.08. The van der Waals surface area contributed by atoms with Crippen molar-refractivity contribution < 1.29 is 9.90 Å². The molecule has 2 rings (SSSR count). The van der Waals surface area contributed by atoms with Crippen molar-refractivity contribution in [2.45, 2.75) is 44.6 Å². The van der Waals surface area contributed by atoms with E-state index in [-0.39, 0.29) is 0 Å². The van der Waals surface area contributed by atoms with Crippen LogP contribution in [0.15, 0.2) is 18.2 Å². The van der Waals surface area contributed by atoms with Crippen LogP contribution in [-0.4, -0.2) is 16.6 Å². The summed E-state index contributed by atoms with van der Waals surface area (Å²) < 4.78 is 0. The third-order valence-corrected chi connectivity index (χ3v) is 3.68. The summed E-state index contributed by atoms with van der Waals surface area (Å²) in [6.07, 6.45) is 1.74. The van der Waals surface area contributed by atoms with Crippen LogP contribution in [0.5, 0.6) is 0 Å². The molecule has 1 aliphatic rings. The van der Waals surface area contributed by atoms with Crippen LogP contribution in [0.2, 0.25) is 0 Å². The fraction of sp³-hybridized carbons (Fsp3) is 0.500. The van der Waals surface area contributed by atoms with Crippen molar-refractivity contribution >= 4 is 5.97 Å². The topological polar surface area (TPSA) is 63.3 Å². The molecule has 0 fully saturated rings. The molecule has 92 valence electrons. The minimum Gasteiger partial charge on any atom is -0.480 e. The molecular weight excluding hydrogens is 214 g/mol. The Morgan fingerprint density at radius 1 is 1.47 bits per heavy atom. The van der Waals surface area contributed by atoms with Gasteiger partial charge < -0.3 is 10.8 Å². The highest BCUT2D eigenvalue weighted by molar-refractivity contribution is 5.79. The monoisotopic (exact) mass is 233 g/mol. The minimum atomic E-state index is -1.08. The van der Waals surface area contributed by atoms with E-state index in [9.17, 15) is 9.90 Å². The van der Waals surface area contributed by atoms with Crippen molar-refractivity contribution in [1.29, 1.82) is 0 Å². The molecule has 0 heterocycles. The Hall–Kier alpha value is -1.35. The first-order valence-corrected chi connectivity index (χ1v) is 6.07. The molecule has 0 bridgehead atoms. The van der Waals surface area contributed by atoms with Gasteiger partial charge in [-0.15, -0.1) is 0 Å². The van der Waals surface area contributed by atoms with E-state index in [1.54, 1.807) is 0 Å². The standard InChI is InChI=1S/C14H19NO2/c1-9(2)11-5-3-4-10-8-14(15,13(16)17)7-6-12(10)11/h3-5,9H,6-8,15H2,1-2H3,(H,16,17). The molecule has 3 heteroatoms. The maximum Gasteiger partial charge on any atom is 0.324 e. The summed E-state index contributed by atoms with van der Waals surface area (Å²) in [5.74, 6) is -0.418. The van der Waals surface area contributed by atoms with Gasteiger partial charge >= 0.3 is 5.97 Å². The second-order valence-corrected chi connectivity index (χ2v) is 5.28. The largest absolute Gasteiger partial charge is 0.480 e. The summed E-state index contributed by atoms with van der Waals surface area (Å²) in [7, 11) is 0. The van der Waals surface area contributed by atoms with Gasteiger partial charge in [-0.1, -0.05) is 32.0 Å². The SMILES string of the molecule is CC(C)c1cccc2c1CCC(N)(C(=O)O)C2. The number of aliphatic carboxylic acids is 1. The molecule has 1 aromatic carbocycles.